The summed E-state index contributed by atoms with van der Waals surface area (Å²) in [6.45, 7) is 10.2. The van der Waals surface area contributed by atoms with Gasteiger partial charge in [0.15, 0.2) is 0 Å². The molecule has 2 N–H and O–H groups in total. The van der Waals surface area contributed by atoms with E-state index in [-0.39, 0.29) is 18.1 Å². The summed E-state index contributed by atoms with van der Waals surface area (Å²) in [7, 11) is 1.85. The van der Waals surface area contributed by atoms with Crippen LogP contribution in [0.1, 0.15) is 20.8 Å². The van der Waals surface area contributed by atoms with E-state index in [2.05, 4.69) is 25.7 Å². The summed E-state index contributed by atoms with van der Waals surface area (Å²) in [5.74, 6) is 0. The lowest BCUT2D eigenvalue weighted by Crippen LogP contribution is -2.43. The Balaban J connectivity index is 4.36. The van der Waals surface area contributed by atoms with Gasteiger partial charge in [0.05, 0.1) is 6.61 Å². The molecule has 11 heavy (non-hydrogen) atoms. The average molecular weight is 157 g/mol. The molecule has 0 heterocycles. The standard InChI is InChI=1S/C9H19NO/c1-7(2)9(3,4)8(6-11)10-5/h8,10-11H,1,6H2,2-5H3. The van der Waals surface area contributed by atoms with Gasteiger partial charge in [-0.2, -0.15) is 0 Å². The lowest BCUT2D eigenvalue weighted by Gasteiger charge is -2.33. The summed E-state index contributed by atoms with van der Waals surface area (Å²) in [5.41, 5.74) is 1.05. The first-order chi connectivity index (χ1) is 4.96. The molecule has 0 rings (SSSR count). The second-order valence-electron chi connectivity index (χ2n) is 3.53. The predicted octanol–water partition coefficient (Wildman–Crippen LogP) is 1.17. The first kappa shape index (κ1) is 10.7. The fourth-order valence-corrected chi connectivity index (χ4v) is 0.978. The van der Waals surface area contributed by atoms with E-state index in [1.165, 1.54) is 0 Å². The Kier molecular flexibility index (Phi) is 3.76. The monoisotopic (exact) mass is 157 g/mol. The maximum absolute atomic E-state index is 9.01. The molecule has 66 valence electrons. The smallest absolute Gasteiger partial charge is 0.0592 e. The maximum atomic E-state index is 9.01. The van der Waals surface area contributed by atoms with E-state index < -0.39 is 0 Å². The molecule has 0 radical (unpaired) electrons. The third-order valence-corrected chi connectivity index (χ3v) is 2.50. The zero-order chi connectivity index (χ0) is 9.07. The van der Waals surface area contributed by atoms with Gasteiger partial charge >= 0.3 is 0 Å². The van der Waals surface area contributed by atoms with Crippen LogP contribution in [0.5, 0.6) is 0 Å². The minimum atomic E-state index is -0.0382. The van der Waals surface area contributed by atoms with Crippen LogP contribution in [0.25, 0.3) is 0 Å². The highest BCUT2D eigenvalue weighted by atomic mass is 16.3. The topological polar surface area (TPSA) is 32.3 Å². The highest BCUT2D eigenvalue weighted by molar-refractivity contribution is 5.08. The van der Waals surface area contributed by atoms with Crippen molar-refractivity contribution in [3.8, 4) is 0 Å². The first-order valence-electron chi connectivity index (χ1n) is 3.91. The molecule has 2 nitrogen and oxygen atoms in total. The largest absolute Gasteiger partial charge is 0.395 e. The van der Waals surface area contributed by atoms with Gasteiger partial charge in [-0.05, 0) is 14.0 Å². The van der Waals surface area contributed by atoms with E-state index >= 15 is 0 Å². The molecule has 1 unspecified atom stereocenters. The number of hydrogen-bond acceptors (Lipinski definition) is 2. The molecule has 0 fully saturated rings. The number of aliphatic hydroxyl groups excluding tert-OH is 1. The van der Waals surface area contributed by atoms with Gasteiger partial charge in [0.25, 0.3) is 0 Å². The maximum Gasteiger partial charge on any atom is 0.0592 e. The van der Waals surface area contributed by atoms with Crippen molar-refractivity contribution in [2.24, 2.45) is 5.41 Å². The van der Waals surface area contributed by atoms with Crippen molar-refractivity contribution >= 4 is 0 Å². The van der Waals surface area contributed by atoms with Crippen LogP contribution in [0.15, 0.2) is 12.2 Å². The van der Waals surface area contributed by atoms with Crippen LogP contribution in [0.4, 0.5) is 0 Å². The molecule has 0 aromatic rings. The molecule has 1 atom stereocenters. The molecular formula is C9H19NO. The van der Waals surface area contributed by atoms with Gasteiger partial charge in [-0.1, -0.05) is 26.0 Å². The fraction of sp³-hybridized carbons (Fsp3) is 0.778. The van der Waals surface area contributed by atoms with Gasteiger partial charge in [-0.25, -0.2) is 0 Å². The van der Waals surface area contributed by atoms with E-state index in [1.54, 1.807) is 0 Å². The Morgan fingerprint density at radius 3 is 2.18 bits per heavy atom. The molecule has 0 aliphatic heterocycles. The third kappa shape index (κ3) is 2.31. The highest BCUT2D eigenvalue weighted by Gasteiger charge is 2.27. The van der Waals surface area contributed by atoms with Crippen LogP contribution in [-0.4, -0.2) is 24.8 Å². The lowest BCUT2D eigenvalue weighted by atomic mass is 9.79. The molecule has 0 aliphatic carbocycles. The molecule has 0 saturated carbocycles. The van der Waals surface area contributed by atoms with E-state index in [0.717, 1.165) is 5.57 Å². The van der Waals surface area contributed by atoms with Crippen molar-refractivity contribution in [1.82, 2.24) is 5.32 Å². The Morgan fingerprint density at radius 1 is 1.64 bits per heavy atom. The van der Waals surface area contributed by atoms with Crippen LogP contribution >= 0.6 is 0 Å². The highest BCUT2D eigenvalue weighted by Crippen LogP contribution is 2.28. The van der Waals surface area contributed by atoms with Crippen LogP contribution in [0, 0.1) is 5.41 Å². The summed E-state index contributed by atoms with van der Waals surface area (Å²) in [6.07, 6.45) is 0. The van der Waals surface area contributed by atoms with E-state index in [0.29, 0.717) is 0 Å². The Labute approximate surface area is 69.3 Å². The second-order valence-corrected chi connectivity index (χ2v) is 3.53. The molecular weight excluding hydrogens is 138 g/mol. The predicted molar refractivity (Wildman–Crippen MR) is 48.5 cm³/mol. The summed E-state index contributed by atoms with van der Waals surface area (Å²) < 4.78 is 0. The molecule has 0 aromatic carbocycles. The van der Waals surface area contributed by atoms with Crippen molar-refractivity contribution in [2.45, 2.75) is 26.8 Å². The Morgan fingerprint density at radius 2 is 2.09 bits per heavy atom. The quantitative estimate of drug-likeness (QED) is 0.600. The van der Waals surface area contributed by atoms with Crippen LogP contribution < -0.4 is 5.32 Å². The van der Waals surface area contributed by atoms with E-state index in [1.807, 2.05) is 14.0 Å². The normalized spacial score (nSPS) is 14.6. The summed E-state index contributed by atoms with van der Waals surface area (Å²) in [4.78, 5) is 0. The number of aliphatic hydroxyl groups is 1. The average Bonchev–Trinajstić information content (AvgIpc) is 1.89. The molecule has 0 bridgehead atoms. The molecule has 0 aromatic heterocycles. The van der Waals surface area contributed by atoms with E-state index in [4.69, 9.17) is 5.11 Å². The van der Waals surface area contributed by atoms with Crippen LogP contribution in [0.3, 0.4) is 0 Å². The minimum absolute atomic E-state index is 0.0382. The molecule has 0 saturated heterocycles. The number of rotatable bonds is 4. The molecule has 2 heteroatoms. The van der Waals surface area contributed by atoms with Crippen molar-refractivity contribution in [1.29, 1.82) is 0 Å². The number of likely N-dealkylation sites (N-methyl/N-ethyl adjacent to an activating group) is 1. The summed E-state index contributed by atoms with van der Waals surface area (Å²) in [6, 6.07) is 0.0972. The van der Waals surface area contributed by atoms with Gasteiger partial charge in [0.1, 0.15) is 0 Å². The molecule has 0 aliphatic rings. The van der Waals surface area contributed by atoms with Crippen molar-refractivity contribution in [2.75, 3.05) is 13.7 Å². The molecule has 0 spiro atoms. The van der Waals surface area contributed by atoms with Crippen molar-refractivity contribution in [3.63, 3.8) is 0 Å². The third-order valence-electron chi connectivity index (χ3n) is 2.50. The van der Waals surface area contributed by atoms with Gasteiger partial charge in [-0.3, -0.25) is 0 Å². The fourth-order valence-electron chi connectivity index (χ4n) is 0.978. The molecule has 0 amide bonds. The van der Waals surface area contributed by atoms with Gasteiger partial charge in [0.2, 0.25) is 0 Å². The summed E-state index contributed by atoms with van der Waals surface area (Å²) in [5, 5.41) is 12.1. The summed E-state index contributed by atoms with van der Waals surface area (Å²) >= 11 is 0. The van der Waals surface area contributed by atoms with E-state index in [9.17, 15) is 0 Å². The Hall–Kier alpha value is -0.340. The van der Waals surface area contributed by atoms with Gasteiger partial charge < -0.3 is 10.4 Å². The SMILES string of the molecule is C=C(C)C(C)(C)C(CO)NC. The Bertz CT molecular complexity index is 136. The lowest BCUT2D eigenvalue weighted by molar-refractivity contribution is 0.177. The van der Waals surface area contributed by atoms with Crippen molar-refractivity contribution in [3.05, 3.63) is 12.2 Å². The van der Waals surface area contributed by atoms with Crippen molar-refractivity contribution < 1.29 is 5.11 Å². The zero-order valence-electron chi connectivity index (χ0n) is 7.94. The first-order valence-corrected chi connectivity index (χ1v) is 3.91. The van der Waals surface area contributed by atoms with Crippen LogP contribution in [-0.2, 0) is 0 Å². The second kappa shape index (κ2) is 3.88. The number of hydrogen-bond donors (Lipinski definition) is 2. The minimum Gasteiger partial charge on any atom is -0.395 e. The zero-order valence-corrected chi connectivity index (χ0v) is 7.94. The van der Waals surface area contributed by atoms with Gasteiger partial charge in [0, 0.05) is 11.5 Å². The van der Waals surface area contributed by atoms with Gasteiger partial charge in [-0.15, -0.1) is 0 Å². The number of nitrogens with one attached hydrogen (secondary N) is 1. The van der Waals surface area contributed by atoms with Crippen LogP contribution in [0.2, 0.25) is 0 Å².